The number of methoxy groups -OCH3 is 3. The molecule has 0 aromatic heterocycles. The lowest BCUT2D eigenvalue weighted by Gasteiger charge is -2.34. The van der Waals surface area contributed by atoms with Gasteiger partial charge in [0.2, 0.25) is 6.16 Å². The quantitative estimate of drug-likeness (QED) is 0.444. The average Bonchev–Trinajstić information content (AvgIpc) is 1.87. The number of hydrogen-bond acceptors (Lipinski definition) is 4. The Morgan fingerprint density at radius 2 is 1.25 bits per heavy atom. The minimum Gasteiger partial charge on any atom is -0.782 e. The Balaban J connectivity index is 3.58. The molecule has 50 valence electrons. The Morgan fingerprint density at radius 3 is 1.25 bits per heavy atom. The fourth-order valence-electron chi connectivity index (χ4n) is 0.250. The maximum Gasteiger partial charge on any atom is 0.214 e. The van der Waals surface area contributed by atoms with Gasteiger partial charge in [-0.1, -0.05) is 0 Å². The molecule has 0 aliphatic carbocycles. The van der Waals surface area contributed by atoms with Gasteiger partial charge in [0.1, 0.15) is 0 Å². The van der Waals surface area contributed by atoms with Gasteiger partial charge in [-0.15, -0.1) is 0 Å². The van der Waals surface area contributed by atoms with Crippen molar-refractivity contribution in [3.05, 3.63) is 0 Å². The van der Waals surface area contributed by atoms with Crippen molar-refractivity contribution in [1.82, 2.24) is 0 Å². The molecule has 4 nitrogen and oxygen atoms in total. The molecule has 0 radical (unpaired) electrons. The molecular weight excluding hydrogens is 112 g/mol. The van der Waals surface area contributed by atoms with Crippen molar-refractivity contribution in [3.8, 4) is 0 Å². The van der Waals surface area contributed by atoms with Crippen LogP contribution in [0.4, 0.5) is 0 Å². The molecule has 0 N–H and O–H groups in total. The first-order valence-corrected chi connectivity index (χ1v) is 2.04. The van der Waals surface area contributed by atoms with Crippen LogP contribution in [0.5, 0.6) is 0 Å². The highest BCUT2D eigenvalue weighted by Crippen LogP contribution is 1.99. The van der Waals surface area contributed by atoms with Crippen molar-refractivity contribution in [3.63, 3.8) is 0 Å². The largest absolute Gasteiger partial charge is 0.782 e. The minimum absolute atomic E-state index is 1.21. The van der Waals surface area contributed by atoms with Gasteiger partial charge in [-0.05, 0) is 0 Å². The van der Waals surface area contributed by atoms with Crippen LogP contribution in [0.2, 0.25) is 0 Å². The normalized spacial score (nSPS) is 12.0. The summed E-state index contributed by atoms with van der Waals surface area (Å²) in [4.78, 5) is 0. The number of rotatable bonds is 3. The second-order valence-corrected chi connectivity index (χ2v) is 1.11. The smallest absolute Gasteiger partial charge is 0.214 e. The van der Waals surface area contributed by atoms with E-state index < -0.39 is 6.16 Å². The summed E-state index contributed by atoms with van der Waals surface area (Å²) in [6, 6.07) is 0. The summed E-state index contributed by atoms with van der Waals surface area (Å²) in [5.41, 5.74) is 0. The standard InChI is InChI=1S/C4H9O4/c1-6-4(5,7-2)8-3/h1-3H3/q-1. The summed E-state index contributed by atoms with van der Waals surface area (Å²) in [5.74, 6) is 0. The second kappa shape index (κ2) is 2.99. The molecule has 0 aromatic carbocycles. The third kappa shape index (κ3) is 1.75. The van der Waals surface area contributed by atoms with Crippen LogP contribution < -0.4 is 5.11 Å². The fraction of sp³-hybridized carbons (Fsp3) is 1.00. The van der Waals surface area contributed by atoms with Crippen LogP contribution in [0.1, 0.15) is 0 Å². The van der Waals surface area contributed by atoms with Crippen LogP contribution in [0.3, 0.4) is 0 Å². The van der Waals surface area contributed by atoms with Crippen molar-refractivity contribution in [2.75, 3.05) is 21.3 Å². The Labute approximate surface area is 48.0 Å². The predicted molar refractivity (Wildman–Crippen MR) is 23.8 cm³/mol. The van der Waals surface area contributed by atoms with Crippen molar-refractivity contribution >= 4 is 0 Å². The molecule has 0 aliphatic rings. The zero-order valence-corrected chi connectivity index (χ0v) is 5.13. The first-order valence-electron chi connectivity index (χ1n) is 2.04. The highest BCUT2D eigenvalue weighted by molar-refractivity contribution is 4.21. The van der Waals surface area contributed by atoms with Gasteiger partial charge < -0.3 is 19.3 Å². The SMILES string of the molecule is COC([O-])(OC)OC. The molecule has 0 bridgehead atoms. The van der Waals surface area contributed by atoms with Crippen LogP contribution >= 0.6 is 0 Å². The fourth-order valence-corrected chi connectivity index (χ4v) is 0.250. The second-order valence-electron chi connectivity index (χ2n) is 1.11. The highest BCUT2D eigenvalue weighted by Gasteiger charge is 2.10. The molecule has 0 atom stereocenters. The summed E-state index contributed by atoms with van der Waals surface area (Å²) < 4.78 is 12.7. The Morgan fingerprint density at radius 1 is 1.00 bits per heavy atom. The summed E-state index contributed by atoms with van der Waals surface area (Å²) in [6.07, 6.45) is -2.13. The van der Waals surface area contributed by atoms with Crippen LogP contribution in [-0.2, 0) is 14.2 Å². The minimum atomic E-state index is -2.13. The van der Waals surface area contributed by atoms with E-state index in [4.69, 9.17) is 0 Å². The average molecular weight is 121 g/mol. The van der Waals surface area contributed by atoms with E-state index >= 15 is 0 Å². The lowest BCUT2D eigenvalue weighted by atomic mass is 11.0. The zero-order chi connectivity index (χ0) is 6.62. The van der Waals surface area contributed by atoms with Gasteiger partial charge in [-0.2, -0.15) is 0 Å². The first-order chi connectivity index (χ1) is 3.68. The van der Waals surface area contributed by atoms with E-state index in [1.807, 2.05) is 0 Å². The molecule has 0 heterocycles. The third-order valence-corrected chi connectivity index (χ3v) is 0.750. The van der Waals surface area contributed by atoms with Gasteiger partial charge >= 0.3 is 0 Å². The molecule has 0 aliphatic heterocycles. The third-order valence-electron chi connectivity index (χ3n) is 0.750. The molecule has 0 unspecified atom stereocenters. The van der Waals surface area contributed by atoms with E-state index in [0.29, 0.717) is 0 Å². The van der Waals surface area contributed by atoms with Gasteiger partial charge in [0.25, 0.3) is 0 Å². The van der Waals surface area contributed by atoms with Gasteiger partial charge in [0, 0.05) is 21.3 Å². The van der Waals surface area contributed by atoms with Gasteiger partial charge in [0.05, 0.1) is 0 Å². The first kappa shape index (κ1) is 7.84. The molecule has 0 aromatic rings. The predicted octanol–water partition coefficient (Wildman–Crippen LogP) is -1.10. The van der Waals surface area contributed by atoms with Crippen molar-refractivity contribution in [2.45, 2.75) is 6.16 Å². The molecule has 0 rings (SSSR count). The number of hydrogen-bond donors (Lipinski definition) is 0. The zero-order valence-electron chi connectivity index (χ0n) is 5.13. The lowest BCUT2D eigenvalue weighted by molar-refractivity contribution is -0.699. The van der Waals surface area contributed by atoms with E-state index in [9.17, 15) is 5.11 Å². The molecule has 0 spiro atoms. The summed E-state index contributed by atoms with van der Waals surface area (Å²) >= 11 is 0. The highest BCUT2D eigenvalue weighted by atomic mass is 17.0. The van der Waals surface area contributed by atoms with Crippen molar-refractivity contribution < 1.29 is 19.3 Å². The van der Waals surface area contributed by atoms with E-state index in [1.54, 1.807) is 0 Å². The van der Waals surface area contributed by atoms with Crippen LogP contribution in [-0.4, -0.2) is 27.5 Å². The maximum absolute atomic E-state index is 10.5. The molecule has 0 saturated carbocycles. The van der Waals surface area contributed by atoms with Crippen LogP contribution in [0, 0.1) is 0 Å². The lowest BCUT2D eigenvalue weighted by Crippen LogP contribution is -2.49. The van der Waals surface area contributed by atoms with E-state index in [1.165, 1.54) is 21.3 Å². The topological polar surface area (TPSA) is 50.8 Å². The van der Waals surface area contributed by atoms with E-state index in [-0.39, 0.29) is 0 Å². The maximum atomic E-state index is 10.5. The van der Waals surface area contributed by atoms with Crippen LogP contribution in [0.25, 0.3) is 0 Å². The molecule has 0 amide bonds. The van der Waals surface area contributed by atoms with Crippen molar-refractivity contribution in [1.29, 1.82) is 0 Å². The van der Waals surface area contributed by atoms with Crippen molar-refractivity contribution in [2.24, 2.45) is 0 Å². The Hall–Kier alpha value is -0.160. The van der Waals surface area contributed by atoms with Gasteiger partial charge in [0.15, 0.2) is 0 Å². The van der Waals surface area contributed by atoms with Gasteiger partial charge in [-0.3, -0.25) is 0 Å². The molecule has 0 fully saturated rings. The monoisotopic (exact) mass is 121 g/mol. The molecular formula is C4H9O4-. The van der Waals surface area contributed by atoms with E-state index in [0.717, 1.165) is 0 Å². The molecule has 8 heavy (non-hydrogen) atoms. The molecule has 4 heteroatoms. The molecule has 0 saturated heterocycles. The number of ether oxygens (including phenoxy) is 3. The Bertz CT molecular complexity index is 50.8. The van der Waals surface area contributed by atoms with E-state index in [2.05, 4.69) is 14.2 Å². The summed E-state index contributed by atoms with van der Waals surface area (Å²) in [5, 5.41) is 10.5. The van der Waals surface area contributed by atoms with Gasteiger partial charge in [-0.25, -0.2) is 0 Å². The van der Waals surface area contributed by atoms with Crippen LogP contribution in [0.15, 0.2) is 0 Å². The Kier molecular flexibility index (Phi) is 2.93. The summed E-state index contributed by atoms with van der Waals surface area (Å²) in [7, 11) is 3.62. The summed E-state index contributed by atoms with van der Waals surface area (Å²) in [6.45, 7) is 0.